The van der Waals surface area contributed by atoms with E-state index < -0.39 is 0 Å². The van der Waals surface area contributed by atoms with Gasteiger partial charge in [0.1, 0.15) is 17.4 Å². The number of nitrogens with one attached hydrogen (secondary N) is 1. The van der Waals surface area contributed by atoms with Gasteiger partial charge in [-0.2, -0.15) is 0 Å². The molecule has 1 heterocycles. The molecule has 0 saturated carbocycles. The van der Waals surface area contributed by atoms with Gasteiger partial charge in [0, 0.05) is 23.6 Å². The van der Waals surface area contributed by atoms with Crippen molar-refractivity contribution < 1.29 is 14.3 Å². The van der Waals surface area contributed by atoms with Gasteiger partial charge < -0.3 is 14.8 Å². The van der Waals surface area contributed by atoms with E-state index in [1.165, 1.54) is 11.3 Å². The van der Waals surface area contributed by atoms with Crippen LogP contribution in [0, 0.1) is 0 Å². The second-order valence-corrected chi connectivity index (χ2v) is 7.76. The molecule has 0 radical (unpaired) electrons. The zero-order valence-corrected chi connectivity index (χ0v) is 17.8. The first-order valence-corrected chi connectivity index (χ1v) is 10.6. The topological polar surface area (TPSA) is 60.5 Å². The van der Waals surface area contributed by atoms with Crippen LogP contribution in [-0.2, 0) is 35.7 Å². The van der Waals surface area contributed by atoms with E-state index in [4.69, 9.17) is 21.1 Å². The predicted molar refractivity (Wildman–Crippen MR) is 115 cm³/mol. The zero-order chi connectivity index (χ0) is 20.5. The van der Waals surface area contributed by atoms with E-state index in [1.807, 2.05) is 48.7 Å². The highest BCUT2D eigenvalue weighted by atomic mass is 35.5. The molecule has 3 rings (SSSR count). The summed E-state index contributed by atoms with van der Waals surface area (Å²) < 4.78 is 11.1. The average Bonchev–Trinajstić information content (AvgIpc) is 3.18. The maximum atomic E-state index is 12.2. The van der Waals surface area contributed by atoms with Gasteiger partial charge >= 0.3 is 0 Å². The van der Waals surface area contributed by atoms with Crippen LogP contribution in [0.5, 0.6) is 5.75 Å². The molecule has 0 aliphatic carbocycles. The number of amides is 1. The van der Waals surface area contributed by atoms with Gasteiger partial charge in [-0.1, -0.05) is 35.9 Å². The standard InChI is InChI=1S/C22H23ClN2O3S/c1-2-27-13-17-5-3-16(4-6-17)12-24-21(26)11-19-15-29-22(25-19)14-28-20-9-7-18(23)8-10-20/h3-10,15H,2,11-14H2,1H3,(H,24,26). The normalized spacial score (nSPS) is 10.7. The third kappa shape index (κ3) is 7.16. The van der Waals surface area contributed by atoms with Gasteiger partial charge in [-0.15, -0.1) is 11.3 Å². The Bertz CT molecular complexity index is 911. The number of benzene rings is 2. The lowest BCUT2D eigenvalue weighted by atomic mass is 10.1. The van der Waals surface area contributed by atoms with Crippen molar-refractivity contribution in [3.05, 3.63) is 80.8 Å². The number of carbonyl (C=O) groups is 1. The summed E-state index contributed by atoms with van der Waals surface area (Å²) in [6.07, 6.45) is 0.250. The number of ether oxygens (including phenoxy) is 2. The molecule has 0 saturated heterocycles. The van der Waals surface area contributed by atoms with Crippen molar-refractivity contribution in [3.8, 4) is 5.75 Å². The Kier molecular flexibility index (Phi) is 8.04. The lowest BCUT2D eigenvalue weighted by Gasteiger charge is -2.06. The van der Waals surface area contributed by atoms with E-state index >= 15 is 0 Å². The molecule has 0 aliphatic heterocycles. The van der Waals surface area contributed by atoms with E-state index in [2.05, 4.69) is 10.3 Å². The molecule has 0 bridgehead atoms. The Hall–Kier alpha value is -2.41. The van der Waals surface area contributed by atoms with E-state index in [-0.39, 0.29) is 12.3 Å². The van der Waals surface area contributed by atoms with Crippen LogP contribution in [0.1, 0.15) is 28.8 Å². The van der Waals surface area contributed by atoms with E-state index in [0.29, 0.717) is 31.4 Å². The number of rotatable bonds is 10. The summed E-state index contributed by atoms with van der Waals surface area (Å²) in [6.45, 7) is 4.13. The van der Waals surface area contributed by atoms with Gasteiger partial charge in [-0.05, 0) is 42.3 Å². The number of nitrogens with zero attached hydrogens (tertiary/aromatic N) is 1. The maximum absolute atomic E-state index is 12.2. The Morgan fingerprint density at radius 1 is 1.07 bits per heavy atom. The molecular formula is C22H23ClN2O3S. The number of thiazole rings is 1. The number of hydrogen-bond donors (Lipinski definition) is 1. The summed E-state index contributed by atoms with van der Waals surface area (Å²) in [5.41, 5.74) is 2.92. The molecule has 0 unspecified atom stereocenters. The van der Waals surface area contributed by atoms with Crippen molar-refractivity contribution in [1.82, 2.24) is 10.3 Å². The summed E-state index contributed by atoms with van der Waals surface area (Å²) in [5.74, 6) is 0.676. The lowest BCUT2D eigenvalue weighted by molar-refractivity contribution is -0.120. The van der Waals surface area contributed by atoms with E-state index in [0.717, 1.165) is 27.6 Å². The minimum absolute atomic E-state index is 0.0566. The SMILES string of the molecule is CCOCc1ccc(CNC(=O)Cc2csc(COc3ccc(Cl)cc3)n2)cc1. The summed E-state index contributed by atoms with van der Waals surface area (Å²) in [4.78, 5) is 16.7. The fourth-order valence-electron chi connectivity index (χ4n) is 2.57. The van der Waals surface area contributed by atoms with Crippen LogP contribution in [-0.4, -0.2) is 17.5 Å². The maximum Gasteiger partial charge on any atom is 0.226 e. The van der Waals surface area contributed by atoms with Crippen molar-refractivity contribution in [2.45, 2.75) is 33.1 Å². The van der Waals surface area contributed by atoms with Crippen LogP contribution in [0.3, 0.4) is 0 Å². The molecule has 0 atom stereocenters. The van der Waals surface area contributed by atoms with Crippen LogP contribution in [0.4, 0.5) is 0 Å². The Balaban J connectivity index is 1.42. The molecule has 7 heteroatoms. The highest BCUT2D eigenvalue weighted by molar-refractivity contribution is 7.09. The number of carbonyl (C=O) groups excluding carboxylic acids is 1. The van der Waals surface area contributed by atoms with Crippen molar-refractivity contribution in [2.24, 2.45) is 0 Å². The van der Waals surface area contributed by atoms with Gasteiger partial charge in [-0.3, -0.25) is 4.79 Å². The molecular weight excluding hydrogens is 408 g/mol. The molecule has 1 amide bonds. The largest absolute Gasteiger partial charge is 0.486 e. The summed E-state index contributed by atoms with van der Waals surface area (Å²) >= 11 is 7.34. The Morgan fingerprint density at radius 2 is 1.79 bits per heavy atom. The summed E-state index contributed by atoms with van der Waals surface area (Å²) in [6, 6.07) is 15.2. The highest BCUT2D eigenvalue weighted by Gasteiger charge is 2.08. The molecule has 0 spiro atoms. The number of halogens is 1. The molecule has 1 N–H and O–H groups in total. The fraction of sp³-hybridized carbons (Fsp3) is 0.273. The minimum Gasteiger partial charge on any atom is -0.486 e. The molecule has 0 aliphatic rings. The molecule has 0 fully saturated rings. The number of aromatic nitrogens is 1. The fourth-order valence-corrected chi connectivity index (χ4v) is 3.40. The van der Waals surface area contributed by atoms with Gasteiger partial charge in [0.25, 0.3) is 0 Å². The Labute approximate surface area is 179 Å². The first-order chi connectivity index (χ1) is 14.1. The van der Waals surface area contributed by atoms with Gasteiger partial charge in [-0.25, -0.2) is 4.98 Å². The lowest BCUT2D eigenvalue weighted by Crippen LogP contribution is -2.24. The third-order valence-corrected chi connectivity index (χ3v) is 5.23. The van der Waals surface area contributed by atoms with Crippen molar-refractivity contribution in [2.75, 3.05) is 6.61 Å². The molecule has 1 aromatic heterocycles. The van der Waals surface area contributed by atoms with Crippen LogP contribution >= 0.6 is 22.9 Å². The van der Waals surface area contributed by atoms with E-state index in [1.54, 1.807) is 12.1 Å². The van der Waals surface area contributed by atoms with Gasteiger partial charge in [0.05, 0.1) is 18.7 Å². The first-order valence-electron chi connectivity index (χ1n) is 9.36. The predicted octanol–water partition coefficient (Wildman–Crippen LogP) is 4.77. The smallest absolute Gasteiger partial charge is 0.226 e. The Morgan fingerprint density at radius 3 is 2.52 bits per heavy atom. The summed E-state index contributed by atoms with van der Waals surface area (Å²) in [7, 11) is 0. The van der Waals surface area contributed by atoms with Gasteiger partial charge in [0.2, 0.25) is 5.91 Å². The summed E-state index contributed by atoms with van der Waals surface area (Å²) in [5, 5.41) is 6.32. The molecule has 152 valence electrons. The minimum atomic E-state index is -0.0566. The molecule has 3 aromatic rings. The first kappa shape index (κ1) is 21.3. The highest BCUT2D eigenvalue weighted by Crippen LogP contribution is 2.18. The van der Waals surface area contributed by atoms with Crippen molar-refractivity contribution in [3.63, 3.8) is 0 Å². The van der Waals surface area contributed by atoms with Crippen LogP contribution < -0.4 is 10.1 Å². The van der Waals surface area contributed by atoms with Crippen molar-refractivity contribution >= 4 is 28.8 Å². The monoisotopic (exact) mass is 430 g/mol. The van der Waals surface area contributed by atoms with Crippen LogP contribution in [0.25, 0.3) is 0 Å². The average molecular weight is 431 g/mol. The molecule has 29 heavy (non-hydrogen) atoms. The van der Waals surface area contributed by atoms with E-state index in [9.17, 15) is 4.79 Å². The second kappa shape index (κ2) is 11.0. The number of hydrogen-bond acceptors (Lipinski definition) is 5. The molecule has 5 nitrogen and oxygen atoms in total. The van der Waals surface area contributed by atoms with Crippen LogP contribution in [0.2, 0.25) is 5.02 Å². The molecule has 2 aromatic carbocycles. The quantitative estimate of drug-likeness (QED) is 0.503. The van der Waals surface area contributed by atoms with Crippen LogP contribution in [0.15, 0.2) is 53.9 Å². The van der Waals surface area contributed by atoms with Crippen molar-refractivity contribution in [1.29, 1.82) is 0 Å². The third-order valence-electron chi connectivity index (χ3n) is 4.10. The second-order valence-electron chi connectivity index (χ2n) is 6.38. The zero-order valence-electron chi connectivity index (χ0n) is 16.2. The van der Waals surface area contributed by atoms with Gasteiger partial charge in [0.15, 0.2) is 0 Å².